The molecule has 3 nitrogen and oxygen atoms in total. The number of ether oxygens (including phenoxy) is 2. The zero-order valence-electron chi connectivity index (χ0n) is 12.7. The first-order valence-corrected chi connectivity index (χ1v) is 7.13. The summed E-state index contributed by atoms with van der Waals surface area (Å²) in [6.07, 6.45) is 0. The van der Waals surface area contributed by atoms with Crippen LogP contribution in [-0.2, 0) is 0 Å². The van der Waals surface area contributed by atoms with Gasteiger partial charge in [0.25, 0.3) is 0 Å². The van der Waals surface area contributed by atoms with E-state index >= 15 is 0 Å². The third-order valence-electron chi connectivity index (χ3n) is 3.49. The minimum Gasteiger partial charge on any atom is -0.496 e. The van der Waals surface area contributed by atoms with E-state index in [2.05, 4.69) is 18.3 Å². The van der Waals surface area contributed by atoms with Crippen molar-refractivity contribution < 1.29 is 9.47 Å². The molecule has 0 aliphatic rings. The van der Waals surface area contributed by atoms with E-state index in [0.717, 1.165) is 22.6 Å². The molecule has 0 fully saturated rings. The highest BCUT2D eigenvalue weighted by molar-refractivity contribution is 6.30. The average Bonchev–Trinajstić information content (AvgIpc) is 2.48. The topological polar surface area (TPSA) is 30.5 Å². The highest BCUT2D eigenvalue weighted by Crippen LogP contribution is 2.36. The predicted octanol–water partition coefficient (Wildman–Crippen LogP) is 3.97. The van der Waals surface area contributed by atoms with Crippen LogP contribution in [-0.4, -0.2) is 21.3 Å². The average molecular weight is 306 g/mol. The van der Waals surface area contributed by atoms with Crippen LogP contribution >= 0.6 is 11.6 Å². The minimum atomic E-state index is -0.0616. The molecule has 1 unspecified atom stereocenters. The summed E-state index contributed by atoms with van der Waals surface area (Å²) in [5.74, 6) is 1.63. The van der Waals surface area contributed by atoms with Crippen molar-refractivity contribution in [3.8, 4) is 11.5 Å². The molecule has 0 aliphatic heterocycles. The van der Waals surface area contributed by atoms with E-state index in [1.54, 1.807) is 14.2 Å². The molecule has 0 heterocycles. The molecule has 0 aliphatic carbocycles. The summed E-state index contributed by atoms with van der Waals surface area (Å²) in [7, 11) is 5.25. The molecule has 1 N–H and O–H groups in total. The van der Waals surface area contributed by atoms with Crippen LogP contribution in [0.1, 0.15) is 22.7 Å². The lowest BCUT2D eigenvalue weighted by Crippen LogP contribution is -2.19. The smallest absolute Gasteiger partial charge is 0.124 e. The molecule has 2 aromatic carbocycles. The number of aryl methyl sites for hydroxylation is 1. The Hall–Kier alpha value is -1.71. The number of rotatable bonds is 5. The van der Waals surface area contributed by atoms with Gasteiger partial charge >= 0.3 is 0 Å². The van der Waals surface area contributed by atoms with Gasteiger partial charge in [0.05, 0.1) is 20.3 Å². The second kappa shape index (κ2) is 6.83. The van der Waals surface area contributed by atoms with Gasteiger partial charge in [0, 0.05) is 16.1 Å². The quantitative estimate of drug-likeness (QED) is 0.906. The van der Waals surface area contributed by atoms with Gasteiger partial charge in [-0.3, -0.25) is 0 Å². The van der Waals surface area contributed by atoms with Gasteiger partial charge < -0.3 is 14.8 Å². The number of benzene rings is 2. The summed E-state index contributed by atoms with van der Waals surface area (Å²) >= 11 is 6.15. The van der Waals surface area contributed by atoms with Crippen molar-refractivity contribution in [2.75, 3.05) is 21.3 Å². The third kappa shape index (κ3) is 3.31. The largest absolute Gasteiger partial charge is 0.496 e. The van der Waals surface area contributed by atoms with Crippen LogP contribution in [0.5, 0.6) is 11.5 Å². The van der Waals surface area contributed by atoms with Gasteiger partial charge in [-0.1, -0.05) is 29.3 Å². The minimum absolute atomic E-state index is 0.0616. The second-order valence-corrected chi connectivity index (χ2v) is 5.29. The zero-order chi connectivity index (χ0) is 15.4. The maximum Gasteiger partial charge on any atom is 0.124 e. The number of halogens is 1. The van der Waals surface area contributed by atoms with Crippen LogP contribution in [0, 0.1) is 6.92 Å². The first-order chi connectivity index (χ1) is 10.1. The lowest BCUT2D eigenvalue weighted by atomic mass is 9.95. The summed E-state index contributed by atoms with van der Waals surface area (Å²) in [6, 6.07) is 11.7. The first kappa shape index (κ1) is 15.7. The fourth-order valence-corrected chi connectivity index (χ4v) is 2.67. The third-order valence-corrected chi connectivity index (χ3v) is 3.72. The molecule has 2 aromatic rings. The normalized spacial score (nSPS) is 12.0. The Kier molecular flexibility index (Phi) is 5.10. The fraction of sp³-hybridized carbons (Fsp3) is 0.294. The number of hydrogen-bond acceptors (Lipinski definition) is 3. The van der Waals surface area contributed by atoms with Crippen LogP contribution in [0.15, 0.2) is 36.4 Å². The fourth-order valence-electron chi connectivity index (χ4n) is 2.49. The number of methoxy groups -OCH3 is 2. The molecule has 112 valence electrons. The van der Waals surface area contributed by atoms with E-state index in [1.165, 1.54) is 5.56 Å². The Morgan fingerprint density at radius 1 is 0.952 bits per heavy atom. The molecule has 21 heavy (non-hydrogen) atoms. The number of nitrogens with one attached hydrogen (secondary N) is 1. The molecule has 1 atom stereocenters. The summed E-state index contributed by atoms with van der Waals surface area (Å²) < 4.78 is 11.0. The lowest BCUT2D eigenvalue weighted by Gasteiger charge is -2.22. The van der Waals surface area contributed by atoms with Crippen molar-refractivity contribution in [3.63, 3.8) is 0 Å². The zero-order valence-corrected chi connectivity index (χ0v) is 13.5. The molecular weight excluding hydrogens is 286 g/mol. The van der Waals surface area contributed by atoms with Crippen molar-refractivity contribution in [2.45, 2.75) is 13.0 Å². The summed E-state index contributed by atoms with van der Waals surface area (Å²) in [5.41, 5.74) is 3.21. The molecule has 0 amide bonds. The molecule has 0 radical (unpaired) electrons. The highest BCUT2D eigenvalue weighted by atomic mass is 35.5. The molecular formula is C17H20ClNO2. The molecule has 0 aromatic heterocycles. The Bertz CT molecular complexity index is 575. The van der Waals surface area contributed by atoms with Crippen molar-refractivity contribution >= 4 is 11.6 Å². The maximum absolute atomic E-state index is 6.15. The first-order valence-electron chi connectivity index (χ1n) is 6.76. The van der Waals surface area contributed by atoms with Crippen molar-refractivity contribution in [1.29, 1.82) is 0 Å². The van der Waals surface area contributed by atoms with Gasteiger partial charge in [-0.15, -0.1) is 0 Å². The van der Waals surface area contributed by atoms with E-state index in [9.17, 15) is 0 Å². The van der Waals surface area contributed by atoms with Crippen LogP contribution < -0.4 is 14.8 Å². The van der Waals surface area contributed by atoms with E-state index < -0.39 is 0 Å². The second-order valence-electron chi connectivity index (χ2n) is 4.85. The van der Waals surface area contributed by atoms with Gasteiger partial charge in [-0.25, -0.2) is 0 Å². The van der Waals surface area contributed by atoms with Crippen LogP contribution in [0.3, 0.4) is 0 Å². The van der Waals surface area contributed by atoms with Crippen LogP contribution in [0.2, 0.25) is 5.02 Å². The van der Waals surface area contributed by atoms with E-state index in [1.807, 2.05) is 37.4 Å². The van der Waals surface area contributed by atoms with E-state index in [0.29, 0.717) is 5.02 Å². The molecule has 2 rings (SSSR count). The molecule has 0 bridgehead atoms. The lowest BCUT2D eigenvalue weighted by molar-refractivity contribution is 0.396. The molecule has 4 heteroatoms. The summed E-state index contributed by atoms with van der Waals surface area (Å²) in [6.45, 7) is 2.06. The monoisotopic (exact) mass is 305 g/mol. The van der Waals surface area contributed by atoms with Gasteiger partial charge in [-0.05, 0) is 38.2 Å². The summed E-state index contributed by atoms with van der Waals surface area (Å²) in [5, 5.41) is 4.00. The molecule has 0 spiro atoms. The Morgan fingerprint density at radius 2 is 1.52 bits per heavy atom. The highest BCUT2D eigenvalue weighted by Gasteiger charge is 2.20. The predicted molar refractivity (Wildman–Crippen MR) is 86.6 cm³/mol. The Morgan fingerprint density at radius 3 is 2.10 bits per heavy atom. The molecule has 0 saturated heterocycles. The van der Waals surface area contributed by atoms with Gasteiger partial charge in [0.15, 0.2) is 0 Å². The van der Waals surface area contributed by atoms with Gasteiger partial charge in [-0.2, -0.15) is 0 Å². The molecule has 0 saturated carbocycles. The van der Waals surface area contributed by atoms with Crippen molar-refractivity contribution in [2.24, 2.45) is 0 Å². The Balaban J connectivity index is 2.59. The van der Waals surface area contributed by atoms with Crippen molar-refractivity contribution in [1.82, 2.24) is 5.32 Å². The van der Waals surface area contributed by atoms with Gasteiger partial charge in [0.1, 0.15) is 11.5 Å². The van der Waals surface area contributed by atoms with E-state index in [-0.39, 0.29) is 6.04 Å². The van der Waals surface area contributed by atoms with Crippen molar-refractivity contribution in [3.05, 3.63) is 58.1 Å². The maximum atomic E-state index is 6.15. The van der Waals surface area contributed by atoms with Crippen LogP contribution in [0.25, 0.3) is 0 Å². The standard InChI is InChI=1S/C17H20ClNO2/c1-11-5-7-15(20-3)13(9-11)17(19-2)14-10-12(18)6-8-16(14)21-4/h5-10,17,19H,1-4H3. The SMILES string of the molecule is CNC(c1cc(C)ccc1OC)c1cc(Cl)ccc1OC. The number of hydrogen-bond donors (Lipinski definition) is 1. The van der Waals surface area contributed by atoms with Gasteiger partial charge in [0.2, 0.25) is 0 Å². The summed E-state index contributed by atoms with van der Waals surface area (Å²) in [4.78, 5) is 0. The van der Waals surface area contributed by atoms with Crippen LogP contribution in [0.4, 0.5) is 0 Å². The van der Waals surface area contributed by atoms with E-state index in [4.69, 9.17) is 21.1 Å². The Labute approximate surface area is 130 Å².